The van der Waals surface area contributed by atoms with E-state index < -0.39 is 0 Å². The molecule has 2 rings (SSSR count). The second-order valence-corrected chi connectivity index (χ2v) is 5.26. The van der Waals surface area contributed by atoms with Crippen LogP contribution in [0.5, 0.6) is 0 Å². The summed E-state index contributed by atoms with van der Waals surface area (Å²) in [6.45, 7) is 0.524. The van der Waals surface area contributed by atoms with Crippen molar-refractivity contribution in [3.8, 4) is 0 Å². The lowest BCUT2D eigenvalue weighted by molar-refractivity contribution is 0.124. The monoisotopic (exact) mass is 312 g/mol. The predicted molar refractivity (Wildman–Crippen MR) is 72.9 cm³/mol. The van der Waals surface area contributed by atoms with E-state index in [2.05, 4.69) is 33.0 Å². The first kappa shape index (κ1) is 12.7. The van der Waals surface area contributed by atoms with Crippen molar-refractivity contribution in [3.05, 3.63) is 46.7 Å². The molecule has 2 aromatic rings. The highest BCUT2D eigenvalue weighted by molar-refractivity contribution is 9.10. The fourth-order valence-corrected chi connectivity index (χ4v) is 2.89. The second-order valence-electron chi connectivity index (χ2n) is 3.51. The minimum Gasteiger partial charge on any atom is -0.364 e. The van der Waals surface area contributed by atoms with Crippen LogP contribution in [0.25, 0.3) is 0 Å². The van der Waals surface area contributed by atoms with Gasteiger partial charge in [-0.3, -0.25) is 0 Å². The molecule has 0 amide bonds. The third-order valence-corrected chi connectivity index (χ3v) is 3.63. The highest BCUT2D eigenvalue weighted by Crippen LogP contribution is 2.24. The van der Waals surface area contributed by atoms with E-state index in [1.807, 2.05) is 29.0 Å². The van der Waals surface area contributed by atoms with Gasteiger partial charge in [0.1, 0.15) is 11.3 Å². The molecule has 0 saturated carbocycles. The Hall–Kier alpha value is -0.780. The molecule has 0 bridgehead atoms. The Labute approximate surface area is 113 Å². The summed E-state index contributed by atoms with van der Waals surface area (Å²) >= 11 is 5.08. The van der Waals surface area contributed by atoms with Crippen molar-refractivity contribution in [2.75, 3.05) is 7.11 Å². The van der Waals surface area contributed by atoms with Gasteiger partial charge in [-0.05, 0) is 21.5 Å². The Morgan fingerprint density at radius 2 is 2.12 bits per heavy atom. The summed E-state index contributed by atoms with van der Waals surface area (Å²) in [5, 5.41) is 0.961. The molecule has 1 aromatic carbocycles. The van der Waals surface area contributed by atoms with Crippen molar-refractivity contribution in [2.45, 2.75) is 17.6 Å². The summed E-state index contributed by atoms with van der Waals surface area (Å²) in [6.07, 6.45) is 1.93. The summed E-state index contributed by atoms with van der Waals surface area (Å²) in [6, 6.07) is 10.4. The fraction of sp³-hybridized carbons (Fsp3) is 0.250. The Balaban J connectivity index is 2.03. The summed E-state index contributed by atoms with van der Waals surface area (Å²) in [4.78, 5) is 4.41. The average molecular weight is 313 g/mol. The van der Waals surface area contributed by atoms with Gasteiger partial charge in [-0.2, -0.15) is 0 Å². The van der Waals surface area contributed by atoms with Gasteiger partial charge in [0, 0.05) is 19.1 Å². The van der Waals surface area contributed by atoms with Crippen LogP contribution in [-0.4, -0.2) is 16.7 Å². The normalized spacial score (nSPS) is 10.7. The molecular formula is C12H13BrN2OS. The Morgan fingerprint density at radius 1 is 1.35 bits per heavy atom. The third kappa shape index (κ3) is 3.59. The van der Waals surface area contributed by atoms with Crippen LogP contribution < -0.4 is 0 Å². The predicted octanol–water partition coefficient (Wildman–Crippen LogP) is 3.54. The van der Waals surface area contributed by atoms with Crippen LogP contribution >= 0.6 is 27.7 Å². The summed E-state index contributed by atoms with van der Waals surface area (Å²) < 4.78 is 7.94. The largest absolute Gasteiger partial charge is 0.364 e. The smallest absolute Gasteiger partial charge is 0.171 e. The van der Waals surface area contributed by atoms with Gasteiger partial charge >= 0.3 is 0 Å². The number of nitrogens with zero attached hydrogens (tertiary/aromatic N) is 2. The van der Waals surface area contributed by atoms with Crippen LogP contribution in [0.15, 0.2) is 46.3 Å². The molecule has 0 spiro atoms. The van der Waals surface area contributed by atoms with Crippen LogP contribution in [-0.2, 0) is 17.2 Å². The Kier molecular flexibility index (Phi) is 4.65. The molecule has 3 nitrogen and oxygen atoms in total. The average Bonchev–Trinajstić information content (AvgIpc) is 2.69. The van der Waals surface area contributed by atoms with E-state index in [4.69, 9.17) is 4.74 Å². The van der Waals surface area contributed by atoms with Crippen LogP contribution in [0.1, 0.15) is 5.56 Å². The second kappa shape index (κ2) is 6.23. The van der Waals surface area contributed by atoms with Crippen LogP contribution in [0.4, 0.5) is 0 Å². The van der Waals surface area contributed by atoms with Crippen molar-refractivity contribution < 1.29 is 4.74 Å². The number of halogens is 1. The molecular weight excluding hydrogens is 300 g/mol. The molecule has 1 aromatic heterocycles. The maximum absolute atomic E-state index is 5.12. The van der Waals surface area contributed by atoms with Crippen LogP contribution in [0.2, 0.25) is 0 Å². The number of rotatable bonds is 5. The maximum Gasteiger partial charge on any atom is 0.171 e. The van der Waals surface area contributed by atoms with Gasteiger partial charge in [-0.25, -0.2) is 4.98 Å². The SMILES string of the molecule is COCn1cc(Br)nc1SCc1ccccc1. The van der Waals surface area contributed by atoms with Gasteiger partial charge in [0.05, 0.1) is 0 Å². The van der Waals surface area contributed by atoms with E-state index in [1.54, 1.807) is 18.9 Å². The Bertz CT molecular complexity index is 473. The van der Waals surface area contributed by atoms with Crippen molar-refractivity contribution in [1.82, 2.24) is 9.55 Å². The molecule has 0 aliphatic rings. The highest BCUT2D eigenvalue weighted by Gasteiger charge is 2.06. The van der Waals surface area contributed by atoms with E-state index in [1.165, 1.54) is 5.56 Å². The van der Waals surface area contributed by atoms with Crippen molar-refractivity contribution in [2.24, 2.45) is 0 Å². The molecule has 0 unspecified atom stereocenters. The summed E-state index contributed by atoms with van der Waals surface area (Å²) in [7, 11) is 1.68. The van der Waals surface area contributed by atoms with E-state index in [-0.39, 0.29) is 0 Å². The number of hydrogen-bond acceptors (Lipinski definition) is 3. The maximum atomic E-state index is 5.12. The number of imidazole rings is 1. The molecule has 0 radical (unpaired) electrons. The van der Waals surface area contributed by atoms with Gasteiger partial charge in [-0.1, -0.05) is 42.1 Å². The van der Waals surface area contributed by atoms with E-state index >= 15 is 0 Å². The van der Waals surface area contributed by atoms with E-state index in [9.17, 15) is 0 Å². The summed E-state index contributed by atoms with van der Waals surface area (Å²) in [5.74, 6) is 0.911. The number of hydrogen-bond donors (Lipinski definition) is 0. The van der Waals surface area contributed by atoms with Gasteiger partial charge in [0.15, 0.2) is 5.16 Å². The lowest BCUT2D eigenvalue weighted by atomic mass is 10.2. The number of aromatic nitrogens is 2. The quantitative estimate of drug-likeness (QED) is 0.790. The van der Waals surface area contributed by atoms with Gasteiger partial charge in [0.25, 0.3) is 0 Å². The zero-order valence-electron chi connectivity index (χ0n) is 9.47. The van der Waals surface area contributed by atoms with Gasteiger partial charge in [0.2, 0.25) is 0 Å². The standard InChI is InChI=1S/C12H13BrN2OS/c1-16-9-15-7-11(13)14-12(15)17-8-10-5-3-2-4-6-10/h2-7H,8-9H2,1H3. The van der Waals surface area contributed by atoms with Crippen LogP contribution in [0, 0.1) is 0 Å². The molecule has 90 valence electrons. The lowest BCUT2D eigenvalue weighted by Crippen LogP contribution is -2.00. The summed E-state index contributed by atoms with van der Waals surface area (Å²) in [5.41, 5.74) is 1.29. The number of benzene rings is 1. The zero-order chi connectivity index (χ0) is 12.1. The third-order valence-electron chi connectivity index (χ3n) is 2.19. The molecule has 0 saturated heterocycles. The molecule has 0 fully saturated rings. The van der Waals surface area contributed by atoms with E-state index in [0.717, 1.165) is 15.5 Å². The lowest BCUT2D eigenvalue weighted by Gasteiger charge is -2.05. The molecule has 0 aliphatic carbocycles. The molecule has 0 N–H and O–H groups in total. The number of methoxy groups -OCH3 is 1. The van der Waals surface area contributed by atoms with Gasteiger partial charge in [-0.15, -0.1) is 0 Å². The topological polar surface area (TPSA) is 27.1 Å². The fourth-order valence-electron chi connectivity index (χ4n) is 1.44. The first-order chi connectivity index (χ1) is 8.29. The first-order valence-electron chi connectivity index (χ1n) is 5.18. The highest BCUT2D eigenvalue weighted by atomic mass is 79.9. The molecule has 5 heteroatoms. The van der Waals surface area contributed by atoms with Crippen LogP contribution in [0.3, 0.4) is 0 Å². The van der Waals surface area contributed by atoms with Crippen molar-refractivity contribution >= 4 is 27.7 Å². The number of thioether (sulfide) groups is 1. The molecule has 0 atom stereocenters. The molecule has 1 heterocycles. The minimum atomic E-state index is 0.524. The van der Waals surface area contributed by atoms with Gasteiger partial charge < -0.3 is 9.30 Å². The van der Waals surface area contributed by atoms with Crippen molar-refractivity contribution in [3.63, 3.8) is 0 Å². The minimum absolute atomic E-state index is 0.524. The molecule has 0 aliphatic heterocycles. The molecule has 17 heavy (non-hydrogen) atoms. The number of ether oxygens (including phenoxy) is 1. The van der Waals surface area contributed by atoms with E-state index in [0.29, 0.717) is 6.73 Å². The van der Waals surface area contributed by atoms with Crippen molar-refractivity contribution in [1.29, 1.82) is 0 Å². The Morgan fingerprint density at radius 3 is 2.82 bits per heavy atom. The zero-order valence-corrected chi connectivity index (χ0v) is 11.9. The first-order valence-corrected chi connectivity index (χ1v) is 6.96.